The number of benzene rings is 2. The number of rotatable bonds is 5. The Morgan fingerprint density at radius 3 is 2.62 bits per heavy atom. The van der Waals surface area contributed by atoms with E-state index in [0.29, 0.717) is 15.9 Å². The Labute approximate surface area is 176 Å². The average Bonchev–Trinajstić information content (AvgIpc) is 3.11. The topological polar surface area (TPSA) is 71.8 Å². The van der Waals surface area contributed by atoms with Crippen molar-refractivity contribution in [3.63, 3.8) is 0 Å². The molecule has 0 saturated heterocycles. The van der Waals surface area contributed by atoms with Crippen molar-refractivity contribution < 1.29 is 9.18 Å². The Kier molecular flexibility index (Phi) is 5.73. The number of aromatic nitrogens is 3. The van der Waals surface area contributed by atoms with E-state index in [1.165, 1.54) is 36.0 Å². The highest BCUT2D eigenvalue weighted by atomic mass is 35.5. The van der Waals surface area contributed by atoms with Crippen molar-refractivity contribution in [3.05, 3.63) is 70.8 Å². The fraction of sp³-hybridized carbons (Fsp3) is 0.250. The summed E-state index contributed by atoms with van der Waals surface area (Å²) in [6.07, 6.45) is 1.71. The molecule has 4 rings (SSSR count). The third kappa shape index (κ3) is 4.23. The molecule has 29 heavy (non-hydrogen) atoms. The Bertz CT molecular complexity index is 1010. The van der Waals surface area contributed by atoms with Gasteiger partial charge in [0.05, 0.1) is 6.04 Å². The van der Waals surface area contributed by atoms with Gasteiger partial charge in [-0.3, -0.25) is 4.79 Å². The number of nitrogens with zero attached hydrogens (tertiary/aromatic N) is 3. The van der Waals surface area contributed by atoms with E-state index in [9.17, 15) is 9.18 Å². The van der Waals surface area contributed by atoms with E-state index in [4.69, 9.17) is 11.6 Å². The van der Waals surface area contributed by atoms with Gasteiger partial charge in [-0.15, -0.1) is 10.2 Å². The van der Waals surface area contributed by atoms with E-state index in [2.05, 4.69) is 27.9 Å². The van der Waals surface area contributed by atoms with Crippen LogP contribution in [0.2, 0.25) is 5.02 Å². The van der Waals surface area contributed by atoms with Crippen molar-refractivity contribution in [1.82, 2.24) is 14.9 Å². The molecule has 0 aliphatic carbocycles. The first-order chi connectivity index (χ1) is 14.0. The van der Waals surface area contributed by atoms with Gasteiger partial charge in [-0.25, -0.2) is 9.07 Å². The molecule has 0 spiro atoms. The van der Waals surface area contributed by atoms with Crippen LogP contribution in [0.1, 0.15) is 30.8 Å². The van der Waals surface area contributed by atoms with Gasteiger partial charge in [0.15, 0.2) is 5.82 Å². The van der Waals surface area contributed by atoms with Crippen LogP contribution in [-0.4, -0.2) is 26.0 Å². The summed E-state index contributed by atoms with van der Waals surface area (Å²) < 4.78 is 15.0. The minimum Gasteiger partial charge on any atom is -0.325 e. The number of thioether (sulfide) groups is 1. The summed E-state index contributed by atoms with van der Waals surface area (Å²) in [5.41, 5.74) is 4.85. The van der Waals surface area contributed by atoms with Crippen LogP contribution in [-0.2, 0) is 11.2 Å². The van der Waals surface area contributed by atoms with Crippen LogP contribution >= 0.6 is 23.4 Å². The molecule has 0 radical (unpaired) electrons. The van der Waals surface area contributed by atoms with Crippen LogP contribution in [0.4, 0.5) is 10.1 Å². The van der Waals surface area contributed by atoms with Crippen LogP contribution in [0.3, 0.4) is 0 Å². The SMILES string of the molecule is CCCc1nnc2n1N[C@@H](c1ccc(Cl)cc1)[C@H](C(=O)Nc1ccc(F)cc1)S2. The predicted octanol–water partition coefficient (Wildman–Crippen LogP) is 4.42. The molecule has 150 valence electrons. The quantitative estimate of drug-likeness (QED) is 0.625. The fourth-order valence-corrected chi connectivity index (χ4v) is 4.38. The normalized spacial score (nSPS) is 18.0. The number of hydrogen-bond donors (Lipinski definition) is 2. The van der Waals surface area contributed by atoms with Gasteiger partial charge in [-0.2, -0.15) is 0 Å². The largest absolute Gasteiger partial charge is 0.325 e. The summed E-state index contributed by atoms with van der Waals surface area (Å²) in [4.78, 5) is 13.1. The number of amides is 1. The first-order valence-electron chi connectivity index (χ1n) is 9.24. The maximum Gasteiger partial charge on any atom is 0.240 e. The average molecular weight is 432 g/mol. The lowest BCUT2D eigenvalue weighted by Gasteiger charge is -2.33. The van der Waals surface area contributed by atoms with Gasteiger partial charge in [-0.1, -0.05) is 42.4 Å². The van der Waals surface area contributed by atoms with Gasteiger partial charge in [0.1, 0.15) is 11.1 Å². The summed E-state index contributed by atoms with van der Waals surface area (Å²) in [5.74, 6) is 0.263. The first kappa shape index (κ1) is 19.7. The van der Waals surface area contributed by atoms with E-state index in [1.807, 2.05) is 16.8 Å². The van der Waals surface area contributed by atoms with Gasteiger partial charge >= 0.3 is 0 Å². The molecule has 1 amide bonds. The monoisotopic (exact) mass is 431 g/mol. The van der Waals surface area contributed by atoms with Crippen LogP contribution in [0.25, 0.3) is 0 Å². The fourth-order valence-electron chi connectivity index (χ4n) is 3.15. The zero-order valence-corrected chi connectivity index (χ0v) is 17.2. The third-order valence-corrected chi connectivity index (χ3v) is 6.04. The molecule has 2 heterocycles. The summed E-state index contributed by atoms with van der Waals surface area (Å²) >= 11 is 7.39. The maximum atomic E-state index is 13.2. The number of halogens is 2. The van der Waals surface area contributed by atoms with Crippen LogP contribution in [0, 0.1) is 5.82 Å². The summed E-state index contributed by atoms with van der Waals surface area (Å²) in [6, 6.07) is 12.8. The zero-order chi connectivity index (χ0) is 20.4. The van der Waals surface area contributed by atoms with Crippen molar-refractivity contribution in [3.8, 4) is 0 Å². The molecular formula is C20H19ClFN5OS. The highest BCUT2D eigenvalue weighted by Crippen LogP contribution is 2.38. The van der Waals surface area contributed by atoms with E-state index >= 15 is 0 Å². The van der Waals surface area contributed by atoms with Gasteiger partial charge in [-0.05, 0) is 48.4 Å². The summed E-state index contributed by atoms with van der Waals surface area (Å²) in [7, 11) is 0. The van der Waals surface area contributed by atoms with E-state index in [0.717, 1.165) is 24.2 Å². The Morgan fingerprint density at radius 1 is 1.21 bits per heavy atom. The van der Waals surface area contributed by atoms with Crippen molar-refractivity contribution in [1.29, 1.82) is 0 Å². The molecule has 0 unspecified atom stereocenters. The molecule has 0 bridgehead atoms. The number of anilines is 1. The second kappa shape index (κ2) is 8.42. The molecular weight excluding hydrogens is 413 g/mol. The van der Waals surface area contributed by atoms with E-state index in [1.54, 1.807) is 12.1 Å². The van der Waals surface area contributed by atoms with Crippen molar-refractivity contribution in [2.24, 2.45) is 0 Å². The maximum absolute atomic E-state index is 13.2. The van der Waals surface area contributed by atoms with E-state index < -0.39 is 5.25 Å². The molecule has 0 fully saturated rings. The second-order valence-corrected chi connectivity index (χ2v) is 8.22. The number of hydrogen-bond acceptors (Lipinski definition) is 5. The second-order valence-electron chi connectivity index (χ2n) is 6.68. The van der Waals surface area contributed by atoms with Crippen LogP contribution in [0.15, 0.2) is 53.7 Å². The number of carbonyl (C=O) groups excluding carboxylic acids is 1. The Morgan fingerprint density at radius 2 is 1.93 bits per heavy atom. The standard InChI is InChI=1S/C20H19ClFN5OS/c1-2-3-16-24-25-20-27(16)26-17(12-4-6-13(21)7-5-12)18(29-20)19(28)23-15-10-8-14(22)9-11-15/h4-11,17-18,26H,2-3H2,1H3,(H,23,28)/t17-,18+/m0/s1. The molecule has 2 N–H and O–H groups in total. The Balaban J connectivity index is 1.65. The van der Waals surface area contributed by atoms with Crippen molar-refractivity contribution in [2.45, 2.75) is 36.2 Å². The molecule has 6 nitrogen and oxygen atoms in total. The van der Waals surface area contributed by atoms with Crippen LogP contribution in [0.5, 0.6) is 0 Å². The third-order valence-electron chi connectivity index (χ3n) is 4.58. The number of fused-ring (bicyclic) bond motifs is 1. The number of nitrogens with one attached hydrogen (secondary N) is 2. The van der Waals surface area contributed by atoms with Gasteiger partial charge in [0.25, 0.3) is 0 Å². The minimum atomic E-state index is -0.507. The van der Waals surface area contributed by atoms with Crippen molar-refractivity contribution >= 4 is 35.0 Å². The smallest absolute Gasteiger partial charge is 0.240 e. The lowest BCUT2D eigenvalue weighted by Crippen LogP contribution is -2.41. The summed E-state index contributed by atoms with van der Waals surface area (Å²) in [6.45, 7) is 2.08. The zero-order valence-electron chi connectivity index (χ0n) is 15.6. The lowest BCUT2D eigenvalue weighted by atomic mass is 10.0. The molecule has 1 aliphatic heterocycles. The first-order valence-corrected chi connectivity index (χ1v) is 10.5. The molecule has 0 saturated carbocycles. The van der Waals surface area contributed by atoms with Gasteiger partial charge in [0.2, 0.25) is 11.1 Å². The number of carbonyl (C=O) groups is 1. The molecule has 1 aromatic heterocycles. The molecule has 3 aromatic rings. The minimum absolute atomic E-state index is 0.208. The van der Waals surface area contributed by atoms with Gasteiger partial charge in [0, 0.05) is 17.1 Å². The number of aryl methyl sites for hydroxylation is 1. The predicted molar refractivity (Wildman–Crippen MR) is 112 cm³/mol. The molecule has 9 heteroatoms. The molecule has 2 aromatic carbocycles. The summed E-state index contributed by atoms with van der Waals surface area (Å²) in [5, 5.41) is 12.1. The highest BCUT2D eigenvalue weighted by molar-refractivity contribution is 8.00. The molecule has 2 atom stereocenters. The van der Waals surface area contributed by atoms with E-state index in [-0.39, 0.29) is 17.8 Å². The highest BCUT2D eigenvalue weighted by Gasteiger charge is 2.37. The van der Waals surface area contributed by atoms with Crippen LogP contribution < -0.4 is 10.7 Å². The van der Waals surface area contributed by atoms with Crippen molar-refractivity contribution in [2.75, 3.05) is 10.7 Å². The lowest BCUT2D eigenvalue weighted by molar-refractivity contribution is -0.116. The van der Waals surface area contributed by atoms with Gasteiger partial charge < -0.3 is 10.7 Å². The molecule has 1 aliphatic rings. The Hall–Kier alpha value is -2.58.